The van der Waals surface area contributed by atoms with Crippen molar-refractivity contribution in [3.63, 3.8) is 0 Å². The molecule has 0 saturated carbocycles. The van der Waals surface area contributed by atoms with Gasteiger partial charge < -0.3 is 21.5 Å². The summed E-state index contributed by atoms with van der Waals surface area (Å²) < 4.78 is 0. The molecule has 5 nitrogen and oxygen atoms in total. The quantitative estimate of drug-likeness (QED) is 0.629. The van der Waals surface area contributed by atoms with Gasteiger partial charge in [-0.2, -0.15) is 0 Å². The highest BCUT2D eigenvalue weighted by molar-refractivity contribution is 5.94. The number of carbonyl (C=O) groups excluding carboxylic acids is 1. The van der Waals surface area contributed by atoms with Gasteiger partial charge in [-0.15, -0.1) is 0 Å². The van der Waals surface area contributed by atoms with Gasteiger partial charge in [-0.25, -0.2) is 0 Å². The number of unbranched alkanes of at least 4 members (excludes halogenated alkanes) is 1. The van der Waals surface area contributed by atoms with Crippen LogP contribution in [0.5, 0.6) is 0 Å². The number of primary amides is 1. The Kier molecular flexibility index (Phi) is 5.45. The van der Waals surface area contributed by atoms with Gasteiger partial charge in [0, 0.05) is 18.7 Å². The van der Waals surface area contributed by atoms with Crippen molar-refractivity contribution in [1.29, 1.82) is 0 Å². The minimum Gasteiger partial charge on any atom is -0.397 e. The van der Waals surface area contributed by atoms with Gasteiger partial charge in [0.2, 0.25) is 5.91 Å². The fourth-order valence-electron chi connectivity index (χ4n) is 1.82. The molecular formula is C13H21N3O2. The summed E-state index contributed by atoms with van der Waals surface area (Å²) in [6, 6.07) is 5.01. The molecule has 1 amide bonds. The summed E-state index contributed by atoms with van der Waals surface area (Å²) in [6.45, 7) is 3.54. The van der Waals surface area contributed by atoms with E-state index in [9.17, 15) is 4.79 Å². The predicted molar refractivity (Wildman–Crippen MR) is 73.6 cm³/mol. The third-order valence-electron chi connectivity index (χ3n) is 2.80. The van der Waals surface area contributed by atoms with Crippen molar-refractivity contribution in [2.24, 2.45) is 5.73 Å². The van der Waals surface area contributed by atoms with Crippen LogP contribution in [0.1, 0.15) is 30.1 Å². The molecule has 0 atom stereocenters. The minimum absolute atomic E-state index is 0.0702. The number of hydrogen-bond acceptors (Lipinski definition) is 4. The van der Waals surface area contributed by atoms with Crippen molar-refractivity contribution in [2.45, 2.75) is 19.8 Å². The predicted octanol–water partition coefficient (Wildman–Crippen LogP) is 0.967. The lowest BCUT2D eigenvalue weighted by Crippen LogP contribution is -2.28. The zero-order valence-electron chi connectivity index (χ0n) is 10.7. The van der Waals surface area contributed by atoms with E-state index in [1.54, 1.807) is 18.2 Å². The number of rotatable bonds is 7. The topological polar surface area (TPSA) is 92.6 Å². The van der Waals surface area contributed by atoms with Crippen molar-refractivity contribution >= 4 is 17.3 Å². The molecule has 0 spiro atoms. The Bertz CT molecular complexity index is 407. The van der Waals surface area contributed by atoms with Gasteiger partial charge in [-0.1, -0.05) is 13.3 Å². The van der Waals surface area contributed by atoms with Crippen LogP contribution in [0.3, 0.4) is 0 Å². The Hall–Kier alpha value is -1.75. The summed E-state index contributed by atoms with van der Waals surface area (Å²) in [5, 5.41) is 9.07. The molecule has 0 fully saturated rings. The molecule has 5 N–H and O–H groups in total. The third kappa shape index (κ3) is 3.63. The minimum atomic E-state index is -0.490. The van der Waals surface area contributed by atoms with E-state index in [-0.39, 0.29) is 6.61 Å². The Morgan fingerprint density at radius 1 is 1.39 bits per heavy atom. The van der Waals surface area contributed by atoms with E-state index in [0.717, 1.165) is 25.1 Å². The summed E-state index contributed by atoms with van der Waals surface area (Å²) in [6.07, 6.45) is 2.10. The molecule has 1 aromatic rings. The smallest absolute Gasteiger partial charge is 0.248 e. The third-order valence-corrected chi connectivity index (χ3v) is 2.80. The second-order valence-corrected chi connectivity index (χ2v) is 4.20. The molecule has 0 aliphatic rings. The first-order valence-corrected chi connectivity index (χ1v) is 6.15. The average Bonchev–Trinajstić information content (AvgIpc) is 2.34. The van der Waals surface area contributed by atoms with E-state index < -0.39 is 5.91 Å². The summed E-state index contributed by atoms with van der Waals surface area (Å²) in [7, 11) is 0. The second kappa shape index (κ2) is 6.86. The summed E-state index contributed by atoms with van der Waals surface area (Å²) in [5.41, 5.74) is 12.9. The zero-order valence-corrected chi connectivity index (χ0v) is 10.7. The number of hydrogen-bond donors (Lipinski definition) is 3. The zero-order chi connectivity index (χ0) is 13.5. The lowest BCUT2D eigenvalue weighted by Gasteiger charge is -2.25. The van der Waals surface area contributed by atoms with Crippen LogP contribution in [0.4, 0.5) is 11.4 Å². The van der Waals surface area contributed by atoms with Crippen LogP contribution < -0.4 is 16.4 Å². The van der Waals surface area contributed by atoms with Gasteiger partial charge in [0.25, 0.3) is 0 Å². The number of amides is 1. The molecule has 0 saturated heterocycles. The van der Waals surface area contributed by atoms with Crippen molar-refractivity contribution < 1.29 is 9.90 Å². The van der Waals surface area contributed by atoms with Crippen molar-refractivity contribution in [3.05, 3.63) is 23.8 Å². The molecule has 0 aliphatic carbocycles. The molecule has 1 aromatic carbocycles. The summed E-state index contributed by atoms with van der Waals surface area (Å²) in [4.78, 5) is 13.1. The maximum absolute atomic E-state index is 11.0. The Morgan fingerprint density at radius 2 is 2.11 bits per heavy atom. The van der Waals surface area contributed by atoms with Gasteiger partial charge in [0.15, 0.2) is 0 Å². The van der Waals surface area contributed by atoms with Crippen molar-refractivity contribution in [1.82, 2.24) is 0 Å². The molecule has 0 heterocycles. The average molecular weight is 251 g/mol. The first-order valence-electron chi connectivity index (χ1n) is 6.15. The maximum atomic E-state index is 11.0. The highest BCUT2D eigenvalue weighted by Crippen LogP contribution is 2.24. The maximum Gasteiger partial charge on any atom is 0.248 e. The number of nitrogens with two attached hydrogens (primary N) is 2. The highest BCUT2D eigenvalue weighted by Gasteiger charge is 2.11. The molecule has 5 heteroatoms. The van der Waals surface area contributed by atoms with Gasteiger partial charge in [-0.3, -0.25) is 4.79 Å². The standard InChI is InChI=1S/C13H21N3O2/c1-2-3-6-16(7-8-17)12-5-4-10(13(15)18)9-11(12)14/h4-5,9,17H,2-3,6-8,14H2,1H3,(H2,15,18). The van der Waals surface area contributed by atoms with Gasteiger partial charge >= 0.3 is 0 Å². The number of aliphatic hydroxyl groups excluding tert-OH is 1. The fraction of sp³-hybridized carbons (Fsp3) is 0.462. The first kappa shape index (κ1) is 14.3. The fourth-order valence-corrected chi connectivity index (χ4v) is 1.82. The SMILES string of the molecule is CCCCN(CCO)c1ccc(C(N)=O)cc1N. The summed E-state index contributed by atoms with van der Waals surface area (Å²) in [5.74, 6) is -0.490. The van der Waals surface area contributed by atoms with Crippen LogP contribution in [-0.4, -0.2) is 30.7 Å². The Balaban J connectivity index is 2.93. The van der Waals surface area contributed by atoms with E-state index in [4.69, 9.17) is 16.6 Å². The van der Waals surface area contributed by atoms with Crippen molar-refractivity contribution in [3.8, 4) is 0 Å². The molecular weight excluding hydrogens is 230 g/mol. The van der Waals surface area contributed by atoms with E-state index in [1.807, 2.05) is 4.90 Å². The first-order chi connectivity index (χ1) is 8.60. The van der Waals surface area contributed by atoms with Crippen LogP contribution in [-0.2, 0) is 0 Å². The largest absolute Gasteiger partial charge is 0.397 e. The number of aliphatic hydroxyl groups is 1. The summed E-state index contributed by atoms with van der Waals surface area (Å²) >= 11 is 0. The van der Waals surface area contributed by atoms with E-state index in [1.165, 1.54) is 0 Å². The lowest BCUT2D eigenvalue weighted by molar-refractivity contribution is 0.100. The van der Waals surface area contributed by atoms with E-state index in [2.05, 4.69) is 6.92 Å². The molecule has 100 valence electrons. The van der Waals surface area contributed by atoms with E-state index in [0.29, 0.717) is 17.8 Å². The van der Waals surface area contributed by atoms with Crippen LogP contribution in [0.2, 0.25) is 0 Å². The molecule has 0 aromatic heterocycles. The number of anilines is 2. The normalized spacial score (nSPS) is 10.3. The second-order valence-electron chi connectivity index (χ2n) is 4.20. The van der Waals surface area contributed by atoms with Gasteiger partial charge in [0.1, 0.15) is 0 Å². The Labute approximate surface area is 107 Å². The number of nitrogen functional groups attached to an aromatic ring is 1. The molecule has 0 unspecified atom stereocenters. The van der Waals surface area contributed by atoms with Crippen molar-refractivity contribution in [2.75, 3.05) is 30.3 Å². The number of nitrogens with zero attached hydrogens (tertiary/aromatic N) is 1. The molecule has 1 rings (SSSR count). The molecule has 18 heavy (non-hydrogen) atoms. The van der Waals surface area contributed by atoms with Crippen LogP contribution in [0.15, 0.2) is 18.2 Å². The van der Waals surface area contributed by atoms with Gasteiger partial charge in [0.05, 0.1) is 18.0 Å². The van der Waals surface area contributed by atoms with Gasteiger partial charge in [-0.05, 0) is 24.6 Å². The molecule has 0 bridgehead atoms. The highest BCUT2D eigenvalue weighted by atomic mass is 16.3. The Morgan fingerprint density at radius 3 is 2.61 bits per heavy atom. The molecule has 0 radical (unpaired) electrons. The van der Waals surface area contributed by atoms with Crippen LogP contribution in [0.25, 0.3) is 0 Å². The van der Waals surface area contributed by atoms with Crippen LogP contribution >= 0.6 is 0 Å². The molecule has 0 aliphatic heterocycles. The number of benzene rings is 1. The van der Waals surface area contributed by atoms with Crippen LogP contribution in [0, 0.1) is 0 Å². The van der Waals surface area contributed by atoms with E-state index >= 15 is 0 Å². The monoisotopic (exact) mass is 251 g/mol. The lowest BCUT2D eigenvalue weighted by atomic mass is 10.1. The number of carbonyl (C=O) groups is 1.